The fraction of sp³-hybridized carbons (Fsp3) is 0.412. The number of anilines is 2. The third-order valence-corrected chi connectivity index (χ3v) is 8.08. The van der Waals surface area contributed by atoms with Gasteiger partial charge in [-0.3, -0.25) is 0 Å². The molecule has 0 amide bonds. The molecule has 2 aliphatic heterocycles. The van der Waals surface area contributed by atoms with Crippen LogP contribution in [0.5, 0.6) is 0 Å². The second-order valence-electron chi connectivity index (χ2n) is 11.2. The van der Waals surface area contributed by atoms with E-state index in [0.29, 0.717) is 0 Å². The molecule has 4 aromatic rings. The second-order valence-corrected chi connectivity index (χ2v) is 11.2. The Hall–Kier alpha value is -3.88. The molecule has 2 N–H and O–H groups in total. The number of hydrogen-bond donors (Lipinski definition) is 2. The Bertz CT molecular complexity index is 1220. The monoisotopic (exact) mass is 566 g/mol. The van der Waals surface area contributed by atoms with Gasteiger partial charge in [0.05, 0.1) is 25.3 Å². The van der Waals surface area contributed by atoms with Gasteiger partial charge in [-0.25, -0.2) is 19.9 Å². The van der Waals surface area contributed by atoms with Gasteiger partial charge in [-0.1, -0.05) is 60.7 Å². The molecule has 4 heterocycles. The molecule has 0 aliphatic carbocycles. The van der Waals surface area contributed by atoms with Crippen LogP contribution in [0.3, 0.4) is 0 Å². The molecular weight excluding hydrogens is 524 g/mol. The minimum Gasteiger partial charge on any atom is -0.394 e. The van der Waals surface area contributed by atoms with E-state index in [4.69, 9.17) is 0 Å². The van der Waals surface area contributed by atoms with Crippen molar-refractivity contribution in [1.29, 1.82) is 0 Å². The van der Waals surface area contributed by atoms with Crippen LogP contribution in [0.25, 0.3) is 0 Å². The maximum Gasteiger partial charge on any atom is 0.225 e. The Balaban J connectivity index is 0.000000168. The highest BCUT2D eigenvalue weighted by atomic mass is 16.3. The highest BCUT2D eigenvalue weighted by molar-refractivity contribution is 5.35. The van der Waals surface area contributed by atoms with Gasteiger partial charge >= 0.3 is 0 Å². The molecular formula is C34H42N6O2. The molecule has 2 unspecified atom stereocenters. The van der Waals surface area contributed by atoms with E-state index in [-0.39, 0.29) is 25.3 Å². The average Bonchev–Trinajstić information content (AvgIpc) is 3.07. The van der Waals surface area contributed by atoms with Gasteiger partial charge in [-0.2, -0.15) is 0 Å². The quantitative estimate of drug-likeness (QED) is 0.313. The van der Waals surface area contributed by atoms with Crippen LogP contribution in [0.4, 0.5) is 11.9 Å². The summed E-state index contributed by atoms with van der Waals surface area (Å²) < 4.78 is 0. The van der Waals surface area contributed by atoms with Crippen molar-refractivity contribution in [2.75, 3.05) is 36.1 Å². The zero-order valence-electron chi connectivity index (χ0n) is 24.3. The zero-order chi connectivity index (χ0) is 29.0. The third kappa shape index (κ3) is 8.11. The second kappa shape index (κ2) is 15.4. The Kier molecular flexibility index (Phi) is 10.8. The van der Waals surface area contributed by atoms with Crippen LogP contribution >= 0.6 is 0 Å². The fourth-order valence-corrected chi connectivity index (χ4v) is 5.75. The number of hydrogen-bond acceptors (Lipinski definition) is 8. The molecule has 6 rings (SSSR count). The van der Waals surface area contributed by atoms with E-state index in [1.54, 1.807) is 0 Å². The van der Waals surface area contributed by atoms with Crippen LogP contribution in [0.1, 0.15) is 60.8 Å². The molecule has 2 fully saturated rings. The summed E-state index contributed by atoms with van der Waals surface area (Å²) in [5.74, 6) is 1.48. The van der Waals surface area contributed by atoms with Crippen molar-refractivity contribution in [3.63, 3.8) is 0 Å². The lowest BCUT2D eigenvalue weighted by Gasteiger charge is -2.34. The van der Waals surface area contributed by atoms with E-state index in [1.165, 1.54) is 24.0 Å². The summed E-state index contributed by atoms with van der Waals surface area (Å²) in [5.41, 5.74) is 4.75. The lowest BCUT2D eigenvalue weighted by Crippen LogP contribution is -2.42. The number of aromatic nitrogens is 4. The van der Waals surface area contributed by atoms with Gasteiger partial charge in [-0.05, 0) is 60.8 Å². The number of rotatable bonds is 8. The van der Waals surface area contributed by atoms with E-state index < -0.39 is 0 Å². The standard InChI is InChI=1S/2C17H21N3O/c2*21-13-16-8-4-5-9-20(16)17-18-11-15(12-19-17)10-14-6-2-1-3-7-14/h2*1-3,6-7,11-12,16,21H,4-5,8-10,13H2. The van der Waals surface area contributed by atoms with Gasteiger partial charge in [0.15, 0.2) is 0 Å². The van der Waals surface area contributed by atoms with Gasteiger partial charge in [-0.15, -0.1) is 0 Å². The lowest BCUT2D eigenvalue weighted by molar-refractivity contribution is 0.238. The van der Waals surface area contributed by atoms with Gasteiger partial charge < -0.3 is 20.0 Å². The number of aliphatic hydroxyl groups excluding tert-OH is 2. The van der Waals surface area contributed by atoms with Crippen molar-refractivity contribution in [3.05, 3.63) is 108 Å². The van der Waals surface area contributed by atoms with Gasteiger partial charge in [0.1, 0.15) is 0 Å². The minimum atomic E-state index is 0.165. The number of benzene rings is 2. The summed E-state index contributed by atoms with van der Waals surface area (Å²) in [4.78, 5) is 22.3. The molecule has 42 heavy (non-hydrogen) atoms. The molecule has 0 spiro atoms. The van der Waals surface area contributed by atoms with E-state index in [2.05, 4.69) is 54.0 Å². The van der Waals surface area contributed by atoms with Crippen molar-refractivity contribution in [3.8, 4) is 0 Å². The first kappa shape index (κ1) is 29.6. The smallest absolute Gasteiger partial charge is 0.225 e. The van der Waals surface area contributed by atoms with Gasteiger partial charge in [0, 0.05) is 50.7 Å². The number of aliphatic hydroxyl groups is 2. The Morgan fingerprint density at radius 3 is 1.26 bits per heavy atom. The molecule has 0 radical (unpaired) electrons. The van der Waals surface area contributed by atoms with Crippen molar-refractivity contribution in [2.45, 2.75) is 63.5 Å². The van der Waals surface area contributed by atoms with Crippen LogP contribution in [-0.2, 0) is 12.8 Å². The molecule has 2 saturated heterocycles. The Labute approximate surface area is 249 Å². The normalized spacial score (nSPS) is 18.7. The first-order valence-electron chi connectivity index (χ1n) is 15.2. The predicted octanol–water partition coefficient (Wildman–Crippen LogP) is 4.84. The maximum absolute atomic E-state index is 9.47. The molecule has 8 nitrogen and oxygen atoms in total. The molecule has 2 aromatic carbocycles. The van der Waals surface area contributed by atoms with Crippen LogP contribution in [0.2, 0.25) is 0 Å². The Morgan fingerprint density at radius 2 is 0.905 bits per heavy atom. The number of piperidine rings is 2. The summed E-state index contributed by atoms with van der Waals surface area (Å²) in [5, 5.41) is 18.9. The van der Waals surface area contributed by atoms with Crippen LogP contribution < -0.4 is 9.80 Å². The van der Waals surface area contributed by atoms with E-state index >= 15 is 0 Å². The van der Waals surface area contributed by atoms with E-state index in [9.17, 15) is 10.2 Å². The average molecular weight is 567 g/mol. The number of nitrogens with zero attached hydrogens (tertiary/aromatic N) is 6. The lowest BCUT2D eigenvalue weighted by atomic mass is 10.0. The van der Waals surface area contributed by atoms with Crippen LogP contribution in [0.15, 0.2) is 85.5 Å². The fourth-order valence-electron chi connectivity index (χ4n) is 5.75. The summed E-state index contributed by atoms with van der Waals surface area (Å²) in [6.45, 7) is 2.22. The maximum atomic E-state index is 9.47. The highest BCUT2D eigenvalue weighted by Gasteiger charge is 2.24. The SMILES string of the molecule is OCC1CCCCN1c1ncc(Cc2ccccc2)cn1.OCC1CCCCN1c1ncc(Cc2ccccc2)cn1. The first-order valence-corrected chi connectivity index (χ1v) is 15.2. The van der Waals surface area contributed by atoms with Crippen molar-refractivity contribution in [2.24, 2.45) is 0 Å². The topological polar surface area (TPSA) is 98.5 Å². The third-order valence-electron chi connectivity index (χ3n) is 8.08. The van der Waals surface area contributed by atoms with Crippen molar-refractivity contribution in [1.82, 2.24) is 19.9 Å². The zero-order valence-corrected chi connectivity index (χ0v) is 24.3. The highest BCUT2D eigenvalue weighted by Crippen LogP contribution is 2.23. The largest absolute Gasteiger partial charge is 0.394 e. The van der Waals surface area contributed by atoms with Crippen molar-refractivity contribution < 1.29 is 10.2 Å². The van der Waals surface area contributed by atoms with Gasteiger partial charge in [0.25, 0.3) is 0 Å². The van der Waals surface area contributed by atoms with E-state index in [0.717, 1.165) is 74.6 Å². The molecule has 2 atom stereocenters. The van der Waals surface area contributed by atoms with Crippen molar-refractivity contribution >= 4 is 11.9 Å². The first-order chi connectivity index (χ1) is 20.7. The predicted molar refractivity (Wildman–Crippen MR) is 167 cm³/mol. The summed E-state index contributed by atoms with van der Waals surface area (Å²) >= 11 is 0. The minimum absolute atomic E-state index is 0.165. The molecule has 2 aliphatic rings. The molecule has 0 saturated carbocycles. The molecule has 220 valence electrons. The van der Waals surface area contributed by atoms with Crippen LogP contribution in [-0.4, -0.2) is 68.5 Å². The van der Waals surface area contributed by atoms with Crippen LogP contribution in [0, 0.1) is 0 Å². The molecule has 2 aromatic heterocycles. The summed E-state index contributed by atoms with van der Waals surface area (Å²) in [6.07, 6.45) is 16.0. The summed E-state index contributed by atoms with van der Waals surface area (Å²) in [6, 6.07) is 21.0. The Morgan fingerprint density at radius 1 is 0.524 bits per heavy atom. The molecule has 8 heteroatoms. The summed E-state index contributed by atoms with van der Waals surface area (Å²) in [7, 11) is 0. The van der Waals surface area contributed by atoms with E-state index in [1.807, 2.05) is 61.2 Å². The molecule has 0 bridgehead atoms. The van der Waals surface area contributed by atoms with Gasteiger partial charge in [0.2, 0.25) is 11.9 Å².